The number of rotatable bonds is 2. The number of nitrogens with one attached hydrogen (secondary N) is 1. The van der Waals surface area contributed by atoms with Crippen molar-refractivity contribution in [3.63, 3.8) is 0 Å². The minimum Gasteiger partial charge on any atom is -0.355 e. The molecule has 0 fully saturated rings. The normalized spacial score (nSPS) is 11.8. The Kier molecular flexibility index (Phi) is 2.64. The summed E-state index contributed by atoms with van der Waals surface area (Å²) in [6, 6.07) is 32.3. The van der Waals surface area contributed by atoms with Gasteiger partial charge < -0.3 is 9.72 Å². The van der Waals surface area contributed by atoms with E-state index in [0.29, 0.717) is 0 Å². The molecule has 2 aromatic heterocycles. The number of nitrogens with zero attached hydrogens (tertiary/aromatic N) is 1. The summed E-state index contributed by atoms with van der Waals surface area (Å²) in [7, 11) is 0. The van der Waals surface area contributed by atoms with Crippen molar-refractivity contribution >= 4 is 49.5 Å². The quantitative estimate of drug-likeness (QED) is 0.379. The number of benzene rings is 4. The molecule has 2 heteroatoms. The van der Waals surface area contributed by atoms with Gasteiger partial charge in [-0.1, -0.05) is 60.7 Å². The summed E-state index contributed by atoms with van der Waals surface area (Å²) < 4.78 is 2.41. The van der Waals surface area contributed by atoms with Crippen LogP contribution < -0.4 is 5.32 Å². The van der Waals surface area contributed by atoms with Crippen molar-refractivity contribution in [3.8, 4) is 0 Å². The maximum atomic E-state index is 3.52. The molecule has 2 heterocycles. The van der Waals surface area contributed by atoms with E-state index in [1.165, 1.54) is 38.1 Å². The molecule has 0 radical (unpaired) electrons. The van der Waals surface area contributed by atoms with E-state index in [0.717, 1.165) is 11.4 Å². The zero-order chi connectivity index (χ0) is 17.1. The van der Waals surface area contributed by atoms with Crippen molar-refractivity contribution in [2.45, 2.75) is 0 Å². The number of para-hydroxylation sites is 3. The molecule has 4 aromatic carbocycles. The summed E-state index contributed by atoms with van der Waals surface area (Å²) in [5, 5.41) is 8.78. The topological polar surface area (TPSA) is 16.4 Å². The Morgan fingerprint density at radius 1 is 0.500 bits per heavy atom. The second-order valence-electron chi connectivity index (χ2n) is 6.78. The lowest BCUT2D eigenvalue weighted by Gasteiger charge is -2.07. The zero-order valence-electron chi connectivity index (χ0n) is 14.1. The first-order valence-electron chi connectivity index (χ1n) is 8.89. The first-order chi connectivity index (χ1) is 12.9. The van der Waals surface area contributed by atoms with Crippen LogP contribution in [0, 0.1) is 0 Å². The van der Waals surface area contributed by atoms with Crippen molar-refractivity contribution in [2.75, 3.05) is 5.32 Å². The van der Waals surface area contributed by atoms with Crippen LogP contribution in [0.4, 0.5) is 11.4 Å². The van der Waals surface area contributed by atoms with Crippen LogP contribution in [-0.4, -0.2) is 4.40 Å². The highest BCUT2D eigenvalue weighted by Crippen LogP contribution is 2.39. The molecule has 0 unspecified atom stereocenters. The van der Waals surface area contributed by atoms with Crippen molar-refractivity contribution in [2.24, 2.45) is 0 Å². The van der Waals surface area contributed by atoms with Crippen molar-refractivity contribution < 1.29 is 0 Å². The van der Waals surface area contributed by atoms with Crippen LogP contribution in [0.15, 0.2) is 91.0 Å². The lowest BCUT2D eigenvalue weighted by molar-refractivity contribution is 1.37. The Bertz CT molecular complexity index is 1390. The number of anilines is 2. The van der Waals surface area contributed by atoms with Crippen LogP contribution in [0.25, 0.3) is 38.1 Å². The first kappa shape index (κ1) is 13.7. The Labute approximate surface area is 150 Å². The highest BCUT2D eigenvalue weighted by molar-refractivity contribution is 6.23. The Balaban J connectivity index is 1.70. The van der Waals surface area contributed by atoms with Crippen molar-refractivity contribution in [1.29, 1.82) is 0 Å². The van der Waals surface area contributed by atoms with E-state index >= 15 is 0 Å². The molecule has 0 aliphatic rings. The van der Waals surface area contributed by atoms with Gasteiger partial charge in [0.05, 0.1) is 16.6 Å². The molecular weight excluding hydrogens is 316 g/mol. The van der Waals surface area contributed by atoms with Crippen LogP contribution in [0.3, 0.4) is 0 Å². The Morgan fingerprint density at radius 3 is 2.04 bits per heavy atom. The van der Waals surface area contributed by atoms with Gasteiger partial charge in [-0.05, 0) is 30.3 Å². The van der Waals surface area contributed by atoms with E-state index < -0.39 is 0 Å². The third kappa shape index (κ3) is 1.76. The Hall–Kier alpha value is -3.52. The van der Waals surface area contributed by atoms with Crippen LogP contribution in [0.1, 0.15) is 0 Å². The molecule has 0 amide bonds. The van der Waals surface area contributed by atoms with Crippen LogP contribution in [0.5, 0.6) is 0 Å². The number of hydrogen-bond donors (Lipinski definition) is 1. The molecule has 122 valence electrons. The summed E-state index contributed by atoms with van der Waals surface area (Å²) in [4.78, 5) is 0. The second-order valence-corrected chi connectivity index (χ2v) is 6.78. The zero-order valence-corrected chi connectivity index (χ0v) is 14.1. The molecule has 0 spiro atoms. The number of aromatic nitrogens is 1. The van der Waals surface area contributed by atoms with E-state index in [4.69, 9.17) is 0 Å². The predicted octanol–water partition coefficient (Wildman–Crippen LogP) is 6.58. The molecule has 1 N–H and O–H groups in total. The fourth-order valence-electron chi connectivity index (χ4n) is 4.20. The molecule has 2 nitrogen and oxygen atoms in total. The largest absolute Gasteiger partial charge is 0.355 e. The van der Waals surface area contributed by atoms with E-state index in [1.807, 2.05) is 6.07 Å². The fourth-order valence-corrected chi connectivity index (χ4v) is 4.20. The molecule has 0 saturated carbocycles. The van der Waals surface area contributed by atoms with Crippen LogP contribution in [-0.2, 0) is 0 Å². The van der Waals surface area contributed by atoms with Gasteiger partial charge in [-0.2, -0.15) is 0 Å². The van der Waals surface area contributed by atoms with Gasteiger partial charge in [-0.15, -0.1) is 0 Å². The third-order valence-corrected chi connectivity index (χ3v) is 5.29. The highest BCUT2D eigenvalue weighted by Gasteiger charge is 2.16. The SMILES string of the molecule is c1ccc(Nc2ccc3c4cccc5c6ccccc6n(c3c2)c54)cc1. The van der Waals surface area contributed by atoms with E-state index in [-0.39, 0.29) is 0 Å². The molecular formula is C24H16N2. The van der Waals surface area contributed by atoms with Gasteiger partial charge in [0.1, 0.15) is 0 Å². The minimum atomic E-state index is 1.10. The monoisotopic (exact) mass is 332 g/mol. The number of fused-ring (bicyclic) bond motifs is 6. The minimum absolute atomic E-state index is 1.10. The van der Waals surface area contributed by atoms with Gasteiger partial charge in [0.2, 0.25) is 0 Å². The maximum Gasteiger partial charge on any atom is 0.0620 e. The van der Waals surface area contributed by atoms with E-state index in [2.05, 4.69) is 94.6 Å². The first-order valence-corrected chi connectivity index (χ1v) is 8.89. The fraction of sp³-hybridized carbons (Fsp3) is 0. The third-order valence-electron chi connectivity index (χ3n) is 5.29. The van der Waals surface area contributed by atoms with Gasteiger partial charge in [0, 0.05) is 32.9 Å². The molecule has 6 aromatic rings. The van der Waals surface area contributed by atoms with Crippen LogP contribution >= 0.6 is 0 Å². The summed E-state index contributed by atoms with van der Waals surface area (Å²) in [6.45, 7) is 0. The summed E-state index contributed by atoms with van der Waals surface area (Å²) in [5.74, 6) is 0. The van der Waals surface area contributed by atoms with Crippen molar-refractivity contribution in [1.82, 2.24) is 4.40 Å². The molecule has 0 aliphatic carbocycles. The standard InChI is InChI=1S/C24H16N2/c1-2-7-16(8-3-1)25-17-13-14-19-21-11-6-10-20-18-9-4-5-12-22(18)26(24(20)21)23(19)15-17/h1-15,25H. The van der Waals surface area contributed by atoms with Crippen molar-refractivity contribution in [3.05, 3.63) is 91.0 Å². The van der Waals surface area contributed by atoms with Crippen LogP contribution in [0.2, 0.25) is 0 Å². The molecule has 6 rings (SSSR count). The highest BCUT2D eigenvalue weighted by atomic mass is 14.9. The molecule has 0 atom stereocenters. The van der Waals surface area contributed by atoms with Gasteiger partial charge in [0.25, 0.3) is 0 Å². The summed E-state index contributed by atoms with van der Waals surface area (Å²) in [5.41, 5.74) is 6.05. The molecule has 0 saturated heterocycles. The average Bonchev–Trinajstić information content (AvgIpc) is 3.20. The molecule has 0 aliphatic heterocycles. The average molecular weight is 332 g/mol. The number of hydrogen-bond acceptors (Lipinski definition) is 1. The van der Waals surface area contributed by atoms with E-state index in [9.17, 15) is 0 Å². The van der Waals surface area contributed by atoms with Gasteiger partial charge >= 0.3 is 0 Å². The lowest BCUT2D eigenvalue weighted by Crippen LogP contribution is -1.90. The summed E-state index contributed by atoms with van der Waals surface area (Å²) >= 11 is 0. The predicted molar refractivity (Wildman–Crippen MR) is 111 cm³/mol. The smallest absolute Gasteiger partial charge is 0.0620 e. The molecule has 0 bridgehead atoms. The van der Waals surface area contributed by atoms with Gasteiger partial charge in [0.15, 0.2) is 0 Å². The summed E-state index contributed by atoms with van der Waals surface area (Å²) in [6.07, 6.45) is 0. The van der Waals surface area contributed by atoms with Gasteiger partial charge in [-0.3, -0.25) is 0 Å². The maximum absolute atomic E-state index is 3.52. The van der Waals surface area contributed by atoms with E-state index in [1.54, 1.807) is 0 Å². The Morgan fingerprint density at radius 2 is 1.19 bits per heavy atom. The molecule has 26 heavy (non-hydrogen) atoms. The van der Waals surface area contributed by atoms with Gasteiger partial charge in [-0.25, -0.2) is 0 Å². The lowest BCUT2D eigenvalue weighted by atomic mass is 10.1. The second kappa shape index (κ2) is 4.99.